The number of carbonyl (C=O) groups is 1. The fourth-order valence-corrected chi connectivity index (χ4v) is 1.92. The van der Waals surface area contributed by atoms with Gasteiger partial charge in [-0.05, 0) is 25.0 Å². The van der Waals surface area contributed by atoms with Crippen LogP contribution in [0.5, 0.6) is 0 Å². The Bertz CT molecular complexity index is 550. The topological polar surface area (TPSA) is 83.1 Å². The first-order valence-electron chi connectivity index (χ1n) is 5.38. The molecule has 5 heteroatoms. The zero-order valence-corrected chi connectivity index (χ0v) is 9.22. The third-order valence-corrected chi connectivity index (χ3v) is 3.17. The summed E-state index contributed by atoms with van der Waals surface area (Å²) in [5.41, 5.74) is -0.833. The van der Waals surface area contributed by atoms with Crippen LogP contribution in [-0.4, -0.2) is 15.6 Å². The molecule has 0 aromatic carbocycles. The van der Waals surface area contributed by atoms with Crippen molar-refractivity contribution >= 4 is 5.97 Å². The average molecular weight is 232 g/mol. The van der Waals surface area contributed by atoms with Crippen LogP contribution in [-0.2, 0) is 6.54 Å². The lowest BCUT2D eigenvalue weighted by molar-refractivity contribution is 0.0694. The SMILES string of the molecule is N#CCC1(Cn2cccc(C(=O)O)c2=O)CC1. The fourth-order valence-electron chi connectivity index (χ4n) is 1.92. The van der Waals surface area contributed by atoms with E-state index in [4.69, 9.17) is 10.4 Å². The molecule has 1 aromatic rings. The molecule has 2 rings (SSSR count). The highest BCUT2D eigenvalue weighted by atomic mass is 16.4. The summed E-state index contributed by atoms with van der Waals surface area (Å²) < 4.78 is 1.40. The maximum atomic E-state index is 11.8. The summed E-state index contributed by atoms with van der Waals surface area (Å²) in [6, 6.07) is 4.96. The van der Waals surface area contributed by atoms with Crippen LogP contribution in [0.25, 0.3) is 0 Å². The fraction of sp³-hybridized carbons (Fsp3) is 0.417. The number of aromatic carboxylic acids is 1. The minimum atomic E-state index is -1.21. The minimum Gasteiger partial charge on any atom is -0.477 e. The van der Waals surface area contributed by atoms with E-state index in [1.807, 2.05) is 0 Å². The second-order valence-corrected chi connectivity index (χ2v) is 4.49. The van der Waals surface area contributed by atoms with Gasteiger partial charge < -0.3 is 9.67 Å². The Labute approximate surface area is 97.9 Å². The zero-order valence-electron chi connectivity index (χ0n) is 9.22. The number of hydrogen-bond donors (Lipinski definition) is 1. The van der Waals surface area contributed by atoms with Gasteiger partial charge >= 0.3 is 5.97 Å². The number of nitriles is 1. The molecule has 1 saturated carbocycles. The molecule has 0 amide bonds. The molecular weight excluding hydrogens is 220 g/mol. The molecule has 0 radical (unpaired) electrons. The molecule has 88 valence electrons. The predicted octanol–water partition coefficient (Wildman–Crippen LogP) is 1.24. The van der Waals surface area contributed by atoms with Crippen LogP contribution in [0.2, 0.25) is 0 Å². The lowest BCUT2D eigenvalue weighted by atomic mass is 10.0. The normalized spacial score (nSPS) is 16.2. The Morgan fingerprint density at radius 2 is 2.29 bits per heavy atom. The summed E-state index contributed by atoms with van der Waals surface area (Å²) in [6.45, 7) is 0.431. The van der Waals surface area contributed by atoms with E-state index in [1.54, 1.807) is 12.3 Å². The van der Waals surface area contributed by atoms with E-state index < -0.39 is 11.5 Å². The van der Waals surface area contributed by atoms with Crippen LogP contribution in [0, 0.1) is 16.7 Å². The largest absolute Gasteiger partial charge is 0.477 e. The Balaban J connectivity index is 2.29. The Morgan fingerprint density at radius 3 is 2.82 bits per heavy atom. The van der Waals surface area contributed by atoms with Crippen molar-refractivity contribution < 1.29 is 9.90 Å². The number of hydrogen-bond acceptors (Lipinski definition) is 3. The summed E-state index contributed by atoms with van der Waals surface area (Å²) in [7, 11) is 0. The molecule has 1 heterocycles. The lowest BCUT2D eigenvalue weighted by Gasteiger charge is -2.13. The quantitative estimate of drug-likeness (QED) is 0.846. The van der Waals surface area contributed by atoms with E-state index in [0.29, 0.717) is 13.0 Å². The van der Waals surface area contributed by atoms with E-state index in [0.717, 1.165) is 12.8 Å². The molecule has 1 aliphatic carbocycles. The van der Waals surface area contributed by atoms with Crippen molar-refractivity contribution in [2.45, 2.75) is 25.8 Å². The number of rotatable bonds is 4. The highest BCUT2D eigenvalue weighted by Crippen LogP contribution is 2.49. The van der Waals surface area contributed by atoms with Gasteiger partial charge in [0, 0.05) is 24.6 Å². The van der Waals surface area contributed by atoms with Crippen molar-refractivity contribution in [3.63, 3.8) is 0 Å². The van der Waals surface area contributed by atoms with Crippen LogP contribution in [0.3, 0.4) is 0 Å². The number of carboxylic acid groups (broad SMARTS) is 1. The van der Waals surface area contributed by atoms with Gasteiger partial charge in [-0.25, -0.2) is 4.79 Å². The number of nitrogens with zero attached hydrogens (tertiary/aromatic N) is 2. The molecule has 0 aliphatic heterocycles. The molecule has 0 atom stereocenters. The van der Waals surface area contributed by atoms with Crippen LogP contribution in [0.4, 0.5) is 0 Å². The van der Waals surface area contributed by atoms with Gasteiger partial charge in [0.1, 0.15) is 5.56 Å². The minimum absolute atomic E-state index is 0.115. The van der Waals surface area contributed by atoms with Gasteiger partial charge in [0.15, 0.2) is 0 Å². The molecule has 0 unspecified atom stereocenters. The molecule has 5 nitrogen and oxygen atoms in total. The maximum absolute atomic E-state index is 11.8. The summed E-state index contributed by atoms with van der Waals surface area (Å²) >= 11 is 0. The monoisotopic (exact) mass is 232 g/mol. The van der Waals surface area contributed by atoms with Gasteiger partial charge in [0.25, 0.3) is 5.56 Å². The molecule has 0 bridgehead atoms. The molecule has 17 heavy (non-hydrogen) atoms. The summed E-state index contributed by atoms with van der Waals surface area (Å²) in [5.74, 6) is -1.21. The van der Waals surface area contributed by atoms with Crippen molar-refractivity contribution in [2.75, 3.05) is 0 Å². The number of pyridine rings is 1. The van der Waals surface area contributed by atoms with Gasteiger partial charge in [0.05, 0.1) is 6.07 Å². The molecule has 0 saturated heterocycles. The Morgan fingerprint density at radius 1 is 1.59 bits per heavy atom. The van der Waals surface area contributed by atoms with Gasteiger partial charge in [-0.15, -0.1) is 0 Å². The van der Waals surface area contributed by atoms with Crippen molar-refractivity contribution in [2.24, 2.45) is 5.41 Å². The third-order valence-electron chi connectivity index (χ3n) is 3.17. The van der Waals surface area contributed by atoms with Gasteiger partial charge in [-0.3, -0.25) is 4.79 Å². The zero-order chi connectivity index (χ0) is 12.5. The standard InChI is InChI=1S/C12H12N2O3/c13-6-5-12(3-4-12)8-14-7-1-2-9(10(14)15)11(16)17/h1-2,7H,3-5,8H2,(H,16,17). The first-order valence-corrected chi connectivity index (χ1v) is 5.38. The van der Waals surface area contributed by atoms with E-state index in [2.05, 4.69) is 6.07 Å². The third kappa shape index (κ3) is 2.21. The molecule has 1 fully saturated rings. The summed E-state index contributed by atoms with van der Waals surface area (Å²) in [6.07, 6.45) is 3.83. The van der Waals surface area contributed by atoms with Gasteiger partial charge in [-0.1, -0.05) is 0 Å². The van der Waals surface area contributed by atoms with E-state index in [-0.39, 0.29) is 11.0 Å². The Kier molecular flexibility index (Phi) is 2.72. The van der Waals surface area contributed by atoms with Crippen LogP contribution in [0.1, 0.15) is 29.6 Å². The van der Waals surface area contributed by atoms with Crippen molar-refractivity contribution in [3.05, 3.63) is 34.2 Å². The van der Waals surface area contributed by atoms with Crippen molar-refractivity contribution in [3.8, 4) is 6.07 Å². The number of aromatic nitrogens is 1. The summed E-state index contributed by atoms with van der Waals surface area (Å²) in [5, 5.41) is 17.5. The van der Waals surface area contributed by atoms with Crippen LogP contribution >= 0.6 is 0 Å². The van der Waals surface area contributed by atoms with Gasteiger partial charge in [-0.2, -0.15) is 5.26 Å². The second-order valence-electron chi connectivity index (χ2n) is 4.49. The molecule has 1 aliphatic rings. The predicted molar refractivity (Wildman–Crippen MR) is 59.6 cm³/mol. The Hall–Kier alpha value is -2.09. The van der Waals surface area contributed by atoms with E-state index >= 15 is 0 Å². The molecular formula is C12H12N2O3. The van der Waals surface area contributed by atoms with Crippen molar-refractivity contribution in [1.82, 2.24) is 4.57 Å². The molecule has 1 aromatic heterocycles. The first-order chi connectivity index (χ1) is 8.08. The van der Waals surface area contributed by atoms with Gasteiger partial charge in [0.2, 0.25) is 0 Å². The maximum Gasteiger partial charge on any atom is 0.341 e. The number of carboxylic acids is 1. The second kappa shape index (κ2) is 4.06. The smallest absolute Gasteiger partial charge is 0.341 e. The van der Waals surface area contributed by atoms with Crippen molar-refractivity contribution in [1.29, 1.82) is 5.26 Å². The highest BCUT2D eigenvalue weighted by molar-refractivity contribution is 5.86. The van der Waals surface area contributed by atoms with Crippen LogP contribution < -0.4 is 5.56 Å². The molecule has 0 spiro atoms. The van der Waals surface area contributed by atoms with Crippen LogP contribution in [0.15, 0.2) is 23.1 Å². The lowest BCUT2D eigenvalue weighted by Crippen LogP contribution is -2.28. The van der Waals surface area contributed by atoms with E-state index in [1.165, 1.54) is 10.6 Å². The average Bonchev–Trinajstić information content (AvgIpc) is 3.01. The highest BCUT2D eigenvalue weighted by Gasteiger charge is 2.42. The summed E-state index contributed by atoms with van der Waals surface area (Å²) in [4.78, 5) is 22.6. The molecule has 1 N–H and O–H groups in total. The van der Waals surface area contributed by atoms with E-state index in [9.17, 15) is 9.59 Å². The first kappa shape index (κ1) is 11.4.